The number of likely N-dealkylation sites (tertiary alicyclic amines) is 1. The van der Waals surface area contributed by atoms with Crippen LogP contribution >= 0.6 is 0 Å². The van der Waals surface area contributed by atoms with Crippen molar-refractivity contribution in [2.75, 3.05) is 26.7 Å². The Morgan fingerprint density at radius 1 is 1.32 bits per heavy atom. The minimum atomic E-state index is -0.966. The van der Waals surface area contributed by atoms with Crippen LogP contribution in [0.1, 0.15) is 12.8 Å². The molecule has 2 saturated heterocycles. The van der Waals surface area contributed by atoms with Gasteiger partial charge in [0.15, 0.2) is 17.7 Å². The molecular formula is C12H17NO6. The second kappa shape index (κ2) is 4.36. The van der Waals surface area contributed by atoms with Crippen molar-refractivity contribution in [3.8, 4) is 0 Å². The number of carbonyl (C=O) groups is 1. The number of piperidine rings is 1. The molecule has 0 aromatic carbocycles. The molecule has 0 aromatic heterocycles. The highest BCUT2D eigenvalue weighted by molar-refractivity contribution is 5.89. The van der Waals surface area contributed by atoms with Gasteiger partial charge in [0.1, 0.15) is 6.10 Å². The van der Waals surface area contributed by atoms with Crippen molar-refractivity contribution in [1.82, 2.24) is 4.90 Å². The quantitative estimate of drug-likeness (QED) is 0.653. The van der Waals surface area contributed by atoms with Crippen LogP contribution in [0.15, 0.2) is 11.5 Å². The van der Waals surface area contributed by atoms with Gasteiger partial charge in [-0.3, -0.25) is 0 Å². The van der Waals surface area contributed by atoms with Gasteiger partial charge in [-0.15, -0.1) is 0 Å². The molecule has 0 unspecified atom stereocenters. The van der Waals surface area contributed by atoms with E-state index in [2.05, 4.69) is 4.90 Å². The molecule has 3 aliphatic rings. The third-order valence-electron chi connectivity index (χ3n) is 3.90. The van der Waals surface area contributed by atoms with E-state index in [0.29, 0.717) is 0 Å². The first kappa shape index (κ1) is 12.7. The summed E-state index contributed by atoms with van der Waals surface area (Å²) in [5.74, 6) is -2.78. The van der Waals surface area contributed by atoms with E-state index < -0.39 is 35.5 Å². The average Bonchev–Trinajstić information content (AvgIpc) is 2.91. The maximum absolute atomic E-state index is 11.2. The van der Waals surface area contributed by atoms with Crippen LogP contribution in [0.2, 0.25) is 0 Å². The van der Waals surface area contributed by atoms with E-state index in [1.54, 1.807) is 0 Å². The zero-order chi connectivity index (χ0) is 13.6. The highest BCUT2D eigenvalue weighted by Crippen LogP contribution is 2.37. The van der Waals surface area contributed by atoms with Crippen LogP contribution in [0.5, 0.6) is 0 Å². The number of hydrogen-bond acceptors (Lipinski definition) is 7. The third-order valence-corrected chi connectivity index (χ3v) is 3.90. The van der Waals surface area contributed by atoms with Gasteiger partial charge in [0.2, 0.25) is 5.76 Å². The van der Waals surface area contributed by atoms with Gasteiger partial charge in [0.05, 0.1) is 6.61 Å². The molecule has 19 heavy (non-hydrogen) atoms. The van der Waals surface area contributed by atoms with E-state index in [0.717, 1.165) is 25.9 Å². The van der Waals surface area contributed by atoms with Crippen molar-refractivity contribution in [2.45, 2.75) is 30.8 Å². The summed E-state index contributed by atoms with van der Waals surface area (Å²) < 4.78 is 16.5. The molecule has 3 aliphatic heterocycles. The maximum Gasteiger partial charge on any atom is 0.377 e. The molecule has 0 bridgehead atoms. The Labute approximate surface area is 110 Å². The lowest BCUT2D eigenvalue weighted by Gasteiger charge is -2.36. The number of esters is 1. The lowest BCUT2D eigenvalue weighted by Crippen LogP contribution is -2.44. The van der Waals surface area contributed by atoms with E-state index >= 15 is 0 Å². The number of rotatable bonds is 1. The van der Waals surface area contributed by atoms with Gasteiger partial charge >= 0.3 is 5.97 Å². The molecular weight excluding hydrogens is 254 g/mol. The number of nitrogens with zero attached hydrogens (tertiary/aromatic N) is 1. The number of aliphatic hydroxyl groups is 2. The van der Waals surface area contributed by atoms with Crippen molar-refractivity contribution in [1.29, 1.82) is 0 Å². The van der Waals surface area contributed by atoms with Gasteiger partial charge < -0.3 is 29.3 Å². The highest BCUT2D eigenvalue weighted by Gasteiger charge is 2.50. The molecule has 3 rings (SSSR count). The Morgan fingerprint density at radius 3 is 2.58 bits per heavy atom. The number of hydrogen-bond donors (Lipinski definition) is 2. The van der Waals surface area contributed by atoms with E-state index in [4.69, 9.17) is 14.2 Å². The molecule has 0 radical (unpaired) electrons. The molecule has 2 N–H and O–H groups in total. The summed E-state index contributed by atoms with van der Waals surface area (Å²) in [7, 11) is 2.03. The first-order valence-corrected chi connectivity index (χ1v) is 6.34. The average molecular weight is 271 g/mol. The Balaban J connectivity index is 1.68. The molecule has 0 amide bonds. The standard InChI is InChI=1S/C12H17NO6/c1-13-4-2-12(3-5-13)17-6-7(19-12)10-8(14)9(15)11(16)18-10/h7,10,14-15H,2-6H2,1H3/t7-,10-/m0/s1. The highest BCUT2D eigenvalue weighted by atomic mass is 16.8. The van der Waals surface area contributed by atoms with Crippen LogP contribution in [0.25, 0.3) is 0 Å². The molecule has 0 saturated carbocycles. The Bertz CT molecular complexity index is 426. The molecule has 0 aliphatic carbocycles. The van der Waals surface area contributed by atoms with E-state index in [1.807, 2.05) is 7.05 Å². The normalized spacial score (nSPS) is 35.1. The molecule has 1 spiro atoms. The van der Waals surface area contributed by atoms with Crippen molar-refractivity contribution < 1.29 is 29.2 Å². The van der Waals surface area contributed by atoms with Gasteiger partial charge in [-0.25, -0.2) is 4.79 Å². The third kappa shape index (κ3) is 2.07. The number of cyclic esters (lactones) is 1. The van der Waals surface area contributed by atoms with Crippen molar-refractivity contribution in [3.63, 3.8) is 0 Å². The van der Waals surface area contributed by atoms with Crippen LogP contribution < -0.4 is 0 Å². The molecule has 106 valence electrons. The fourth-order valence-corrected chi connectivity index (χ4v) is 2.67. The fourth-order valence-electron chi connectivity index (χ4n) is 2.67. The van der Waals surface area contributed by atoms with Gasteiger partial charge in [-0.1, -0.05) is 0 Å². The summed E-state index contributed by atoms with van der Waals surface area (Å²) >= 11 is 0. The summed E-state index contributed by atoms with van der Waals surface area (Å²) in [6, 6.07) is 0. The van der Waals surface area contributed by atoms with E-state index in [9.17, 15) is 15.0 Å². The van der Waals surface area contributed by atoms with Crippen molar-refractivity contribution >= 4 is 5.97 Å². The monoisotopic (exact) mass is 271 g/mol. The lowest BCUT2D eigenvalue weighted by atomic mass is 10.0. The van der Waals surface area contributed by atoms with E-state index in [1.165, 1.54) is 0 Å². The van der Waals surface area contributed by atoms with Crippen LogP contribution in [-0.2, 0) is 19.0 Å². The Morgan fingerprint density at radius 2 is 2.00 bits per heavy atom. The van der Waals surface area contributed by atoms with Crippen LogP contribution in [-0.4, -0.2) is 65.8 Å². The predicted octanol–water partition coefficient (Wildman–Crippen LogP) is 0.0767. The second-order valence-corrected chi connectivity index (χ2v) is 5.24. The van der Waals surface area contributed by atoms with Gasteiger partial charge in [-0.05, 0) is 7.05 Å². The van der Waals surface area contributed by atoms with Gasteiger partial charge in [-0.2, -0.15) is 0 Å². The smallest absolute Gasteiger partial charge is 0.377 e. The van der Waals surface area contributed by atoms with Gasteiger partial charge in [0.25, 0.3) is 0 Å². The minimum absolute atomic E-state index is 0.235. The molecule has 3 heterocycles. The van der Waals surface area contributed by atoms with Crippen LogP contribution in [0.3, 0.4) is 0 Å². The fraction of sp³-hybridized carbons (Fsp3) is 0.750. The lowest BCUT2D eigenvalue weighted by molar-refractivity contribution is -0.202. The summed E-state index contributed by atoms with van der Waals surface area (Å²) in [5.41, 5.74) is 0. The summed E-state index contributed by atoms with van der Waals surface area (Å²) in [6.45, 7) is 1.97. The SMILES string of the molecule is CN1CCC2(CC1)OC[C@@H]([C@@H]1OC(=O)C(O)=C1O)O2. The summed E-state index contributed by atoms with van der Waals surface area (Å²) in [5, 5.41) is 18.9. The second-order valence-electron chi connectivity index (χ2n) is 5.24. The zero-order valence-electron chi connectivity index (χ0n) is 10.7. The zero-order valence-corrected chi connectivity index (χ0v) is 10.7. The topological polar surface area (TPSA) is 88.5 Å². The first-order valence-electron chi connectivity index (χ1n) is 6.34. The Kier molecular flexibility index (Phi) is 2.92. The summed E-state index contributed by atoms with van der Waals surface area (Å²) in [4.78, 5) is 13.4. The van der Waals surface area contributed by atoms with E-state index in [-0.39, 0.29) is 6.61 Å². The molecule has 7 heteroatoms. The van der Waals surface area contributed by atoms with Crippen LogP contribution in [0.4, 0.5) is 0 Å². The summed E-state index contributed by atoms with van der Waals surface area (Å²) in [6.07, 6.45) is -0.0719. The minimum Gasteiger partial charge on any atom is -0.505 e. The molecule has 7 nitrogen and oxygen atoms in total. The Hall–Kier alpha value is -1.31. The molecule has 2 fully saturated rings. The maximum atomic E-state index is 11.2. The number of aliphatic hydroxyl groups excluding tert-OH is 2. The van der Waals surface area contributed by atoms with Crippen molar-refractivity contribution in [2.24, 2.45) is 0 Å². The largest absolute Gasteiger partial charge is 0.505 e. The molecule has 0 aromatic rings. The first-order chi connectivity index (χ1) is 9.01. The van der Waals surface area contributed by atoms with Crippen molar-refractivity contribution in [3.05, 3.63) is 11.5 Å². The number of carbonyl (C=O) groups excluding carboxylic acids is 1. The number of ether oxygens (including phenoxy) is 3. The van der Waals surface area contributed by atoms with Gasteiger partial charge in [0, 0.05) is 25.9 Å². The predicted molar refractivity (Wildman–Crippen MR) is 62.5 cm³/mol. The van der Waals surface area contributed by atoms with Crippen LogP contribution in [0, 0.1) is 0 Å². The molecule has 2 atom stereocenters.